The van der Waals surface area contributed by atoms with Crippen molar-refractivity contribution < 1.29 is 4.42 Å². The van der Waals surface area contributed by atoms with Crippen molar-refractivity contribution in [2.24, 2.45) is 0 Å². The SMILES string of the molecule is CCN1CCCC1CNC1CCCc2occc21. The lowest BCUT2D eigenvalue weighted by Gasteiger charge is -2.28. The lowest BCUT2D eigenvalue weighted by Crippen LogP contribution is -2.39. The molecule has 3 rings (SSSR count). The van der Waals surface area contributed by atoms with Crippen LogP contribution in [0.25, 0.3) is 0 Å². The van der Waals surface area contributed by atoms with Gasteiger partial charge in [-0.1, -0.05) is 6.92 Å². The summed E-state index contributed by atoms with van der Waals surface area (Å²) in [4.78, 5) is 2.60. The van der Waals surface area contributed by atoms with Gasteiger partial charge in [0.05, 0.1) is 6.26 Å². The van der Waals surface area contributed by atoms with Gasteiger partial charge in [-0.2, -0.15) is 0 Å². The van der Waals surface area contributed by atoms with E-state index in [-0.39, 0.29) is 0 Å². The van der Waals surface area contributed by atoms with Gasteiger partial charge in [-0.15, -0.1) is 0 Å². The molecule has 2 heterocycles. The number of furan rings is 1. The lowest BCUT2D eigenvalue weighted by molar-refractivity contribution is 0.250. The molecule has 1 aromatic rings. The molecule has 1 aromatic heterocycles. The molecule has 18 heavy (non-hydrogen) atoms. The van der Waals surface area contributed by atoms with E-state index in [0.29, 0.717) is 6.04 Å². The Bertz CT molecular complexity index is 388. The van der Waals surface area contributed by atoms with Crippen LogP contribution in [0.4, 0.5) is 0 Å². The maximum atomic E-state index is 5.55. The highest BCUT2D eigenvalue weighted by molar-refractivity contribution is 5.24. The molecule has 3 heteroatoms. The van der Waals surface area contributed by atoms with Gasteiger partial charge in [0.25, 0.3) is 0 Å². The molecular weight excluding hydrogens is 224 g/mol. The predicted octanol–water partition coefficient (Wildman–Crippen LogP) is 2.73. The Labute approximate surface area is 110 Å². The molecule has 0 saturated carbocycles. The second kappa shape index (κ2) is 5.45. The van der Waals surface area contributed by atoms with Crippen LogP contribution >= 0.6 is 0 Å². The van der Waals surface area contributed by atoms with Crippen LogP contribution in [0.2, 0.25) is 0 Å². The molecule has 1 fully saturated rings. The summed E-state index contributed by atoms with van der Waals surface area (Å²) in [5.41, 5.74) is 1.40. The molecule has 2 aliphatic rings. The second-order valence-electron chi connectivity index (χ2n) is 5.58. The third kappa shape index (κ3) is 2.34. The van der Waals surface area contributed by atoms with Gasteiger partial charge >= 0.3 is 0 Å². The first-order chi connectivity index (χ1) is 8.88. The fraction of sp³-hybridized carbons (Fsp3) is 0.733. The number of aryl methyl sites for hydroxylation is 1. The fourth-order valence-electron chi connectivity index (χ4n) is 3.52. The highest BCUT2D eigenvalue weighted by Crippen LogP contribution is 2.30. The minimum absolute atomic E-state index is 0.520. The lowest BCUT2D eigenvalue weighted by atomic mass is 9.93. The van der Waals surface area contributed by atoms with Gasteiger partial charge in [-0.3, -0.25) is 4.90 Å². The highest BCUT2D eigenvalue weighted by Gasteiger charge is 2.26. The number of hydrogen-bond donors (Lipinski definition) is 1. The Balaban J connectivity index is 1.58. The Morgan fingerprint density at radius 3 is 3.22 bits per heavy atom. The van der Waals surface area contributed by atoms with Crippen LogP contribution in [0, 0.1) is 0 Å². The van der Waals surface area contributed by atoms with Crippen LogP contribution in [0.3, 0.4) is 0 Å². The van der Waals surface area contributed by atoms with Crippen molar-refractivity contribution in [2.75, 3.05) is 19.6 Å². The summed E-state index contributed by atoms with van der Waals surface area (Å²) < 4.78 is 5.55. The van der Waals surface area contributed by atoms with Crippen LogP contribution in [-0.4, -0.2) is 30.6 Å². The maximum Gasteiger partial charge on any atom is 0.108 e. The number of fused-ring (bicyclic) bond motifs is 1. The molecule has 1 saturated heterocycles. The van der Waals surface area contributed by atoms with Crippen LogP contribution in [0.15, 0.2) is 16.7 Å². The average molecular weight is 248 g/mol. The summed E-state index contributed by atoms with van der Waals surface area (Å²) >= 11 is 0. The third-order valence-electron chi connectivity index (χ3n) is 4.56. The Morgan fingerprint density at radius 2 is 2.33 bits per heavy atom. The zero-order chi connectivity index (χ0) is 12.4. The molecule has 3 nitrogen and oxygen atoms in total. The number of hydrogen-bond acceptors (Lipinski definition) is 3. The van der Waals surface area contributed by atoms with Gasteiger partial charge in [0.15, 0.2) is 0 Å². The summed E-state index contributed by atoms with van der Waals surface area (Å²) in [6.07, 6.45) is 8.18. The summed E-state index contributed by atoms with van der Waals surface area (Å²) in [6, 6.07) is 3.41. The zero-order valence-electron chi connectivity index (χ0n) is 11.3. The largest absolute Gasteiger partial charge is 0.469 e. The molecule has 0 amide bonds. The quantitative estimate of drug-likeness (QED) is 0.888. The number of rotatable bonds is 4. The number of nitrogens with zero attached hydrogens (tertiary/aromatic N) is 1. The van der Waals surface area contributed by atoms with Gasteiger partial charge in [0, 0.05) is 30.6 Å². The monoisotopic (exact) mass is 248 g/mol. The van der Waals surface area contributed by atoms with E-state index in [2.05, 4.69) is 23.2 Å². The molecular formula is C15H24N2O. The molecule has 0 spiro atoms. The Morgan fingerprint density at radius 1 is 1.39 bits per heavy atom. The van der Waals surface area contributed by atoms with Gasteiger partial charge in [0.1, 0.15) is 5.76 Å². The van der Waals surface area contributed by atoms with E-state index < -0.39 is 0 Å². The van der Waals surface area contributed by atoms with Crippen LogP contribution < -0.4 is 5.32 Å². The van der Waals surface area contributed by atoms with Gasteiger partial charge in [-0.25, -0.2) is 0 Å². The van der Waals surface area contributed by atoms with Crippen molar-refractivity contribution in [1.29, 1.82) is 0 Å². The van der Waals surface area contributed by atoms with E-state index >= 15 is 0 Å². The molecule has 1 aliphatic carbocycles. The second-order valence-corrected chi connectivity index (χ2v) is 5.58. The number of nitrogens with one attached hydrogen (secondary N) is 1. The molecule has 2 atom stereocenters. The van der Waals surface area contributed by atoms with Crippen LogP contribution in [0.5, 0.6) is 0 Å². The average Bonchev–Trinajstić information content (AvgIpc) is 3.04. The van der Waals surface area contributed by atoms with E-state index in [9.17, 15) is 0 Å². The van der Waals surface area contributed by atoms with Crippen molar-refractivity contribution >= 4 is 0 Å². The van der Waals surface area contributed by atoms with E-state index in [1.54, 1.807) is 0 Å². The first kappa shape index (κ1) is 12.2. The number of likely N-dealkylation sites (tertiary alicyclic amines) is 1. The first-order valence-electron chi connectivity index (χ1n) is 7.42. The van der Waals surface area contributed by atoms with E-state index in [1.807, 2.05) is 6.26 Å². The van der Waals surface area contributed by atoms with Crippen molar-refractivity contribution in [1.82, 2.24) is 10.2 Å². The van der Waals surface area contributed by atoms with Crippen molar-refractivity contribution in [3.8, 4) is 0 Å². The fourth-order valence-corrected chi connectivity index (χ4v) is 3.52. The zero-order valence-corrected chi connectivity index (χ0v) is 11.3. The molecule has 1 aliphatic heterocycles. The third-order valence-corrected chi connectivity index (χ3v) is 4.56. The molecule has 0 radical (unpaired) electrons. The van der Waals surface area contributed by atoms with Crippen LogP contribution in [0.1, 0.15) is 50.0 Å². The molecule has 100 valence electrons. The molecule has 1 N–H and O–H groups in total. The smallest absolute Gasteiger partial charge is 0.108 e. The number of likely N-dealkylation sites (N-methyl/N-ethyl adjacent to an activating group) is 1. The first-order valence-corrected chi connectivity index (χ1v) is 7.42. The Kier molecular flexibility index (Phi) is 3.71. The minimum Gasteiger partial charge on any atom is -0.469 e. The Hall–Kier alpha value is -0.800. The van der Waals surface area contributed by atoms with Gasteiger partial charge < -0.3 is 9.73 Å². The maximum absolute atomic E-state index is 5.55. The minimum atomic E-state index is 0.520. The van der Waals surface area contributed by atoms with E-state index in [1.165, 1.54) is 50.1 Å². The van der Waals surface area contributed by atoms with Crippen molar-refractivity contribution in [3.05, 3.63) is 23.7 Å². The van der Waals surface area contributed by atoms with E-state index in [0.717, 1.165) is 19.0 Å². The van der Waals surface area contributed by atoms with Crippen molar-refractivity contribution in [2.45, 2.75) is 51.1 Å². The summed E-state index contributed by atoms with van der Waals surface area (Å²) in [5.74, 6) is 1.21. The molecule has 0 aromatic carbocycles. The predicted molar refractivity (Wildman–Crippen MR) is 72.7 cm³/mol. The molecule has 2 unspecified atom stereocenters. The molecule has 0 bridgehead atoms. The summed E-state index contributed by atoms with van der Waals surface area (Å²) in [7, 11) is 0. The van der Waals surface area contributed by atoms with E-state index in [4.69, 9.17) is 4.42 Å². The van der Waals surface area contributed by atoms with Gasteiger partial charge in [-0.05, 0) is 44.8 Å². The normalized spacial score (nSPS) is 28.5. The van der Waals surface area contributed by atoms with Crippen molar-refractivity contribution in [3.63, 3.8) is 0 Å². The van der Waals surface area contributed by atoms with Gasteiger partial charge in [0.2, 0.25) is 0 Å². The standard InChI is InChI=1S/C15H24N2O/c1-2-17-9-4-5-12(17)11-16-14-6-3-7-15-13(14)8-10-18-15/h8,10,12,14,16H,2-7,9,11H2,1H3. The summed E-state index contributed by atoms with van der Waals surface area (Å²) in [6.45, 7) is 5.87. The highest BCUT2D eigenvalue weighted by atomic mass is 16.3. The topological polar surface area (TPSA) is 28.4 Å². The van der Waals surface area contributed by atoms with Crippen LogP contribution in [-0.2, 0) is 6.42 Å². The summed E-state index contributed by atoms with van der Waals surface area (Å²) in [5, 5.41) is 3.77.